The Balaban J connectivity index is 1.84. The average molecular weight is 325 g/mol. The fourth-order valence-electron chi connectivity index (χ4n) is 4.08. The number of likely N-dealkylation sites (tertiary alicyclic amines) is 1. The van der Waals surface area contributed by atoms with Crippen LogP contribution in [0.5, 0.6) is 0 Å². The van der Waals surface area contributed by atoms with Crippen molar-refractivity contribution in [3.63, 3.8) is 0 Å². The molecule has 2 rings (SSSR count). The predicted molar refractivity (Wildman–Crippen MR) is 94.5 cm³/mol. The zero-order chi connectivity index (χ0) is 17.2. The Hall–Kier alpha value is -0.770. The van der Waals surface area contributed by atoms with Gasteiger partial charge in [0.15, 0.2) is 0 Å². The third-order valence-electron chi connectivity index (χ3n) is 5.59. The van der Waals surface area contributed by atoms with Crippen LogP contribution in [0, 0.1) is 11.8 Å². The summed E-state index contributed by atoms with van der Waals surface area (Å²) in [6.07, 6.45) is 5.69. The molecule has 0 spiro atoms. The number of hydrogen-bond donors (Lipinski definition) is 1. The van der Waals surface area contributed by atoms with E-state index in [1.165, 1.54) is 12.8 Å². The third kappa shape index (κ3) is 5.10. The van der Waals surface area contributed by atoms with Crippen LogP contribution in [0.15, 0.2) is 0 Å². The van der Waals surface area contributed by atoms with Crippen molar-refractivity contribution in [3.05, 3.63) is 0 Å². The second kappa shape index (κ2) is 7.42. The van der Waals surface area contributed by atoms with Gasteiger partial charge in [0.2, 0.25) is 0 Å². The van der Waals surface area contributed by atoms with E-state index < -0.39 is 5.60 Å². The van der Waals surface area contributed by atoms with Gasteiger partial charge in [-0.25, -0.2) is 4.79 Å². The molecule has 1 aliphatic carbocycles. The van der Waals surface area contributed by atoms with Crippen LogP contribution in [-0.4, -0.2) is 41.3 Å². The van der Waals surface area contributed by atoms with E-state index in [1.807, 2.05) is 25.7 Å². The summed E-state index contributed by atoms with van der Waals surface area (Å²) in [4.78, 5) is 14.3. The summed E-state index contributed by atoms with van der Waals surface area (Å²) >= 11 is 0. The van der Waals surface area contributed by atoms with Gasteiger partial charge in [-0.1, -0.05) is 13.8 Å². The molecule has 4 heteroatoms. The van der Waals surface area contributed by atoms with Crippen molar-refractivity contribution in [2.45, 2.75) is 97.4 Å². The molecular weight excluding hydrogens is 288 g/mol. The van der Waals surface area contributed by atoms with Crippen molar-refractivity contribution < 1.29 is 9.53 Å². The third-order valence-corrected chi connectivity index (χ3v) is 5.59. The van der Waals surface area contributed by atoms with Crippen molar-refractivity contribution >= 4 is 6.09 Å². The molecule has 0 radical (unpaired) electrons. The topological polar surface area (TPSA) is 41.6 Å². The molecule has 1 heterocycles. The van der Waals surface area contributed by atoms with E-state index in [-0.39, 0.29) is 6.09 Å². The predicted octanol–water partition coefficient (Wildman–Crippen LogP) is 4.19. The maximum Gasteiger partial charge on any atom is 0.410 e. The Labute approximate surface area is 142 Å². The zero-order valence-electron chi connectivity index (χ0n) is 15.9. The highest BCUT2D eigenvalue weighted by atomic mass is 16.6. The summed E-state index contributed by atoms with van der Waals surface area (Å²) in [5, 5.41) is 3.81. The number of hydrogen-bond acceptors (Lipinski definition) is 3. The van der Waals surface area contributed by atoms with Gasteiger partial charge in [0.1, 0.15) is 5.60 Å². The summed E-state index contributed by atoms with van der Waals surface area (Å²) in [6.45, 7) is 13.6. The number of nitrogens with one attached hydrogen (secondary N) is 1. The highest BCUT2D eigenvalue weighted by Gasteiger charge is 2.35. The maximum absolute atomic E-state index is 12.4. The second-order valence-corrected chi connectivity index (χ2v) is 8.79. The van der Waals surface area contributed by atoms with E-state index in [9.17, 15) is 4.79 Å². The molecule has 1 saturated heterocycles. The summed E-state index contributed by atoms with van der Waals surface area (Å²) < 4.78 is 5.56. The van der Waals surface area contributed by atoms with E-state index >= 15 is 0 Å². The SMILES string of the molecule is CC(CC1CCCN1C(=O)OC(C)(C)C)NC1CCC(C)C1C. The van der Waals surface area contributed by atoms with Crippen LogP contribution in [0.3, 0.4) is 0 Å². The normalized spacial score (nSPS) is 33.0. The molecule has 1 N–H and O–H groups in total. The molecule has 0 aromatic carbocycles. The van der Waals surface area contributed by atoms with Crippen LogP contribution in [0.4, 0.5) is 4.79 Å². The summed E-state index contributed by atoms with van der Waals surface area (Å²) in [7, 11) is 0. The van der Waals surface area contributed by atoms with Gasteiger partial charge in [0.05, 0.1) is 0 Å². The van der Waals surface area contributed by atoms with Crippen molar-refractivity contribution in [2.24, 2.45) is 11.8 Å². The van der Waals surface area contributed by atoms with E-state index in [4.69, 9.17) is 4.74 Å². The number of carbonyl (C=O) groups excluding carboxylic acids is 1. The van der Waals surface area contributed by atoms with Crippen LogP contribution in [0.1, 0.15) is 73.6 Å². The fourth-order valence-corrected chi connectivity index (χ4v) is 4.08. The molecule has 0 aromatic rings. The fraction of sp³-hybridized carbons (Fsp3) is 0.947. The summed E-state index contributed by atoms with van der Waals surface area (Å²) in [5.74, 6) is 1.58. The van der Waals surface area contributed by atoms with Gasteiger partial charge in [0, 0.05) is 24.7 Å². The molecule has 0 bridgehead atoms. The number of carbonyl (C=O) groups is 1. The molecule has 1 amide bonds. The first-order valence-corrected chi connectivity index (χ1v) is 9.43. The van der Waals surface area contributed by atoms with Crippen LogP contribution in [0.2, 0.25) is 0 Å². The van der Waals surface area contributed by atoms with Gasteiger partial charge in [-0.15, -0.1) is 0 Å². The Bertz CT molecular complexity index is 405. The van der Waals surface area contributed by atoms with Crippen LogP contribution in [0.25, 0.3) is 0 Å². The van der Waals surface area contributed by atoms with Gasteiger partial charge in [0.25, 0.3) is 0 Å². The largest absolute Gasteiger partial charge is 0.444 e. The van der Waals surface area contributed by atoms with Crippen molar-refractivity contribution in [2.75, 3.05) is 6.54 Å². The lowest BCUT2D eigenvalue weighted by Crippen LogP contribution is -2.45. The highest BCUT2D eigenvalue weighted by molar-refractivity contribution is 5.68. The molecule has 134 valence electrons. The molecule has 1 saturated carbocycles. The monoisotopic (exact) mass is 324 g/mol. The van der Waals surface area contributed by atoms with Crippen LogP contribution >= 0.6 is 0 Å². The second-order valence-electron chi connectivity index (χ2n) is 8.79. The first-order valence-electron chi connectivity index (χ1n) is 9.43. The first-order chi connectivity index (χ1) is 10.7. The van der Waals surface area contributed by atoms with E-state index in [0.29, 0.717) is 18.1 Å². The van der Waals surface area contributed by atoms with Gasteiger partial charge < -0.3 is 15.0 Å². The molecule has 23 heavy (non-hydrogen) atoms. The molecule has 2 fully saturated rings. The summed E-state index contributed by atoms with van der Waals surface area (Å²) in [6, 6.07) is 1.40. The minimum atomic E-state index is -0.413. The minimum absolute atomic E-state index is 0.143. The number of nitrogens with zero attached hydrogens (tertiary/aromatic N) is 1. The van der Waals surface area contributed by atoms with E-state index in [1.54, 1.807) is 0 Å². The van der Waals surface area contributed by atoms with Crippen molar-refractivity contribution in [1.29, 1.82) is 0 Å². The quantitative estimate of drug-likeness (QED) is 0.843. The lowest BCUT2D eigenvalue weighted by atomic mass is 9.96. The first kappa shape index (κ1) is 18.6. The zero-order valence-corrected chi connectivity index (χ0v) is 15.9. The lowest BCUT2D eigenvalue weighted by molar-refractivity contribution is 0.0213. The molecule has 5 atom stereocenters. The van der Waals surface area contributed by atoms with Crippen LogP contribution in [-0.2, 0) is 4.74 Å². The number of amides is 1. The average Bonchev–Trinajstić information content (AvgIpc) is 2.99. The van der Waals surface area contributed by atoms with Crippen molar-refractivity contribution in [1.82, 2.24) is 10.2 Å². The molecule has 0 aromatic heterocycles. The molecular formula is C19H36N2O2. The summed E-state index contributed by atoms with van der Waals surface area (Å²) in [5.41, 5.74) is -0.413. The van der Waals surface area contributed by atoms with Gasteiger partial charge in [-0.2, -0.15) is 0 Å². The maximum atomic E-state index is 12.4. The van der Waals surface area contributed by atoms with Gasteiger partial charge in [-0.05, 0) is 71.6 Å². The van der Waals surface area contributed by atoms with Crippen LogP contribution < -0.4 is 5.32 Å². The Morgan fingerprint density at radius 1 is 1.26 bits per heavy atom. The van der Waals surface area contributed by atoms with Crippen molar-refractivity contribution in [3.8, 4) is 0 Å². The van der Waals surface area contributed by atoms with E-state index in [0.717, 1.165) is 37.6 Å². The Kier molecular flexibility index (Phi) is 5.99. The standard InChI is InChI=1S/C19H36N2O2/c1-13-9-10-17(15(13)3)20-14(2)12-16-8-7-11-21(16)18(22)23-19(4,5)6/h13-17,20H,7-12H2,1-6H3. The Morgan fingerprint density at radius 3 is 2.52 bits per heavy atom. The highest BCUT2D eigenvalue weighted by Crippen LogP contribution is 2.32. The molecule has 4 nitrogen and oxygen atoms in total. The van der Waals surface area contributed by atoms with Gasteiger partial charge in [-0.3, -0.25) is 0 Å². The minimum Gasteiger partial charge on any atom is -0.444 e. The Morgan fingerprint density at radius 2 is 1.96 bits per heavy atom. The molecule has 1 aliphatic heterocycles. The number of ether oxygens (including phenoxy) is 1. The molecule has 5 unspecified atom stereocenters. The van der Waals surface area contributed by atoms with Gasteiger partial charge >= 0.3 is 6.09 Å². The molecule has 2 aliphatic rings. The smallest absolute Gasteiger partial charge is 0.410 e. The number of rotatable bonds is 4. The van der Waals surface area contributed by atoms with E-state index in [2.05, 4.69) is 26.1 Å². The lowest BCUT2D eigenvalue weighted by Gasteiger charge is -2.31.